The maximum atomic E-state index is 13.1. The zero-order chi connectivity index (χ0) is 18.2. The summed E-state index contributed by atoms with van der Waals surface area (Å²) in [5, 5.41) is 11.0. The molecule has 6 heteroatoms. The van der Waals surface area contributed by atoms with Gasteiger partial charge in [-0.15, -0.1) is 0 Å². The van der Waals surface area contributed by atoms with E-state index in [1.54, 1.807) is 6.07 Å². The molecule has 2 aromatic carbocycles. The average molecular weight is 453 g/mol. The summed E-state index contributed by atoms with van der Waals surface area (Å²) in [6, 6.07) is 13.3. The SMILES string of the molecule is COCOc1ccc(I)c2c1C(O)N(C(C)(C)c1ccccc1)C2=O. The van der Waals surface area contributed by atoms with Crippen LogP contribution in [0.3, 0.4) is 0 Å². The summed E-state index contributed by atoms with van der Waals surface area (Å²) >= 11 is 2.11. The standard InChI is InChI=1S/C19H20INO4/c1-19(2,12-7-5-4-6-8-12)21-17(22)15-13(20)9-10-14(25-11-24-3)16(15)18(21)23/h4-10,18,23H,11H2,1-3H3. The second-order valence-corrected chi connectivity index (χ2v) is 7.52. The quantitative estimate of drug-likeness (QED) is 0.555. The Labute approximate surface area is 160 Å². The molecule has 0 fully saturated rings. The molecule has 0 radical (unpaired) electrons. The summed E-state index contributed by atoms with van der Waals surface area (Å²) in [5.74, 6) is 0.257. The molecule has 0 saturated heterocycles. The van der Waals surface area contributed by atoms with E-state index in [1.807, 2.05) is 50.2 Å². The fraction of sp³-hybridized carbons (Fsp3) is 0.316. The molecular weight excluding hydrogens is 433 g/mol. The van der Waals surface area contributed by atoms with Gasteiger partial charge >= 0.3 is 0 Å². The second kappa shape index (κ2) is 6.93. The number of halogens is 1. The summed E-state index contributed by atoms with van der Waals surface area (Å²) in [4.78, 5) is 14.7. The maximum Gasteiger partial charge on any atom is 0.258 e. The van der Waals surface area contributed by atoms with Crippen molar-refractivity contribution in [3.63, 3.8) is 0 Å². The number of ether oxygens (including phenoxy) is 2. The van der Waals surface area contributed by atoms with Gasteiger partial charge in [0, 0.05) is 10.7 Å². The molecular formula is C19H20INO4. The lowest BCUT2D eigenvalue weighted by molar-refractivity contribution is -0.0327. The first-order chi connectivity index (χ1) is 11.9. The topological polar surface area (TPSA) is 59.0 Å². The van der Waals surface area contributed by atoms with Crippen LogP contribution < -0.4 is 4.74 Å². The van der Waals surface area contributed by atoms with Gasteiger partial charge in [-0.1, -0.05) is 30.3 Å². The normalized spacial score (nSPS) is 16.9. The highest BCUT2D eigenvalue weighted by molar-refractivity contribution is 14.1. The van der Waals surface area contributed by atoms with Gasteiger partial charge in [0.1, 0.15) is 5.75 Å². The van der Waals surface area contributed by atoms with Gasteiger partial charge in [0.25, 0.3) is 5.91 Å². The van der Waals surface area contributed by atoms with E-state index in [0.717, 1.165) is 9.13 Å². The van der Waals surface area contributed by atoms with Crippen molar-refractivity contribution in [2.75, 3.05) is 13.9 Å². The number of amides is 1. The van der Waals surface area contributed by atoms with E-state index in [-0.39, 0.29) is 12.7 Å². The Morgan fingerprint density at radius 1 is 1.20 bits per heavy atom. The summed E-state index contributed by atoms with van der Waals surface area (Å²) < 4.78 is 11.3. The Morgan fingerprint density at radius 2 is 1.88 bits per heavy atom. The number of aliphatic hydroxyl groups excluding tert-OH is 1. The first-order valence-corrected chi connectivity index (χ1v) is 8.99. The number of carbonyl (C=O) groups is 1. The minimum absolute atomic E-state index is 0.0516. The molecule has 25 heavy (non-hydrogen) atoms. The molecule has 1 unspecified atom stereocenters. The van der Waals surface area contributed by atoms with E-state index in [9.17, 15) is 9.90 Å². The minimum Gasteiger partial charge on any atom is -0.467 e. The fourth-order valence-corrected chi connectivity index (χ4v) is 3.90. The highest BCUT2D eigenvalue weighted by atomic mass is 127. The lowest BCUT2D eigenvalue weighted by Crippen LogP contribution is -2.44. The van der Waals surface area contributed by atoms with E-state index in [4.69, 9.17) is 9.47 Å². The molecule has 1 N–H and O–H groups in total. The first kappa shape index (κ1) is 18.2. The lowest BCUT2D eigenvalue weighted by Gasteiger charge is -2.38. The van der Waals surface area contributed by atoms with Crippen molar-refractivity contribution in [1.29, 1.82) is 0 Å². The number of hydrogen-bond acceptors (Lipinski definition) is 4. The van der Waals surface area contributed by atoms with Gasteiger partial charge in [-0.2, -0.15) is 0 Å². The van der Waals surface area contributed by atoms with Gasteiger partial charge in [-0.25, -0.2) is 0 Å². The number of methoxy groups -OCH3 is 1. The Bertz CT molecular complexity index is 792. The van der Waals surface area contributed by atoms with Crippen LogP contribution in [-0.2, 0) is 10.3 Å². The molecule has 0 aromatic heterocycles. The van der Waals surface area contributed by atoms with Crippen LogP contribution in [-0.4, -0.2) is 29.8 Å². The number of benzene rings is 2. The molecule has 0 bridgehead atoms. The molecule has 1 atom stereocenters. The molecule has 1 aliphatic heterocycles. The van der Waals surface area contributed by atoms with Gasteiger partial charge in [0.05, 0.1) is 16.7 Å². The van der Waals surface area contributed by atoms with Gasteiger partial charge in [0.2, 0.25) is 0 Å². The predicted molar refractivity (Wildman–Crippen MR) is 102 cm³/mol. The van der Waals surface area contributed by atoms with E-state index >= 15 is 0 Å². The van der Waals surface area contributed by atoms with E-state index < -0.39 is 11.8 Å². The molecule has 0 spiro atoms. The Balaban J connectivity index is 2.08. The zero-order valence-corrected chi connectivity index (χ0v) is 16.5. The van der Waals surface area contributed by atoms with Gasteiger partial charge in [-0.05, 0) is 54.1 Å². The van der Waals surface area contributed by atoms with Crippen LogP contribution in [0.5, 0.6) is 5.75 Å². The molecule has 132 valence electrons. The molecule has 2 aromatic rings. The predicted octanol–water partition coefficient (Wildman–Crippen LogP) is 3.66. The van der Waals surface area contributed by atoms with Crippen LogP contribution in [0.2, 0.25) is 0 Å². The average Bonchev–Trinajstić information content (AvgIpc) is 2.88. The van der Waals surface area contributed by atoms with Crippen LogP contribution >= 0.6 is 22.6 Å². The van der Waals surface area contributed by atoms with Crippen LogP contribution in [0.25, 0.3) is 0 Å². The maximum absolute atomic E-state index is 13.1. The smallest absolute Gasteiger partial charge is 0.258 e. The highest BCUT2D eigenvalue weighted by Crippen LogP contribution is 2.46. The van der Waals surface area contributed by atoms with Crippen molar-refractivity contribution < 1.29 is 19.4 Å². The van der Waals surface area contributed by atoms with Crippen molar-refractivity contribution in [1.82, 2.24) is 4.90 Å². The fourth-order valence-electron chi connectivity index (χ4n) is 3.20. The molecule has 1 aliphatic rings. The van der Waals surface area contributed by atoms with Crippen LogP contribution in [0.15, 0.2) is 42.5 Å². The first-order valence-electron chi connectivity index (χ1n) is 7.91. The number of aliphatic hydroxyl groups is 1. The number of carbonyl (C=O) groups excluding carboxylic acids is 1. The monoisotopic (exact) mass is 453 g/mol. The van der Waals surface area contributed by atoms with Crippen molar-refractivity contribution in [2.24, 2.45) is 0 Å². The van der Waals surface area contributed by atoms with Gasteiger partial charge < -0.3 is 14.6 Å². The third-order valence-electron chi connectivity index (χ3n) is 4.50. The summed E-state index contributed by atoms with van der Waals surface area (Å²) in [5.41, 5.74) is 1.26. The third-order valence-corrected chi connectivity index (χ3v) is 5.40. The second-order valence-electron chi connectivity index (χ2n) is 6.36. The van der Waals surface area contributed by atoms with Crippen molar-refractivity contribution >= 4 is 28.5 Å². The number of nitrogens with zero attached hydrogens (tertiary/aromatic N) is 1. The number of hydrogen-bond donors (Lipinski definition) is 1. The molecule has 1 heterocycles. The summed E-state index contributed by atoms with van der Waals surface area (Å²) in [6.45, 7) is 3.91. The van der Waals surface area contributed by atoms with Crippen LogP contribution in [0, 0.1) is 3.57 Å². The molecule has 0 saturated carbocycles. The zero-order valence-electron chi connectivity index (χ0n) is 14.3. The van der Waals surface area contributed by atoms with E-state index in [2.05, 4.69) is 22.6 Å². The minimum atomic E-state index is -1.08. The molecule has 5 nitrogen and oxygen atoms in total. The molecule has 3 rings (SSSR count). The molecule has 0 aliphatic carbocycles. The van der Waals surface area contributed by atoms with Crippen LogP contribution in [0.4, 0.5) is 0 Å². The number of fused-ring (bicyclic) bond motifs is 1. The summed E-state index contributed by atoms with van der Waals surface area (Å²) in [7, 11) is 1.53. The van der Waals surface area contributed by atoms with E-state index in [0.29, 0.717) is 16.9 Å². The van der Waals surface area contributed by atoms with Gasteiger partial charge in [0.15, 0.2) is 13.0 Å². The number of rotatable bonds is 5. The van der Waals surface area contributed by atoms with Crippen molar-refractivity contribution in [3.8, 4) is 5.75 Å². The van der Waals surface area contributed by atoms with Crippen molar-refractivity contribution in [2.45, 2.75) is 25.6 Å². The Kier molecular flexibility index (Phi) is 5.04. The van der Waals surface area contributed by atoms with Crippen molar-refractivity contribution in [3.05, 3.63) is 62.7 Å². The molecule has 1 amide bonds. The van der Waals surface area contributed by atoms with Crippen LogP contribution in [0.1, 0.15) is 41.6 Å². The lowest BCUT2D eigenvalue weighted by atomic mass is 9.92. The third kappa shape index (κ3) is 3.02. The highest BCUT2D eigenvalue weighted by Gasteiger charge is 2.47. The Morgan fingerprint density at radius 3 is 2.52 bits per heavy atom. The summed E-state index contributed by atoms with van der Waals surface area (Å²) in [6.07, 6.45) is -1.08. The Hall–Kier alpha value is -1.64. The largest absolute Gasteiger partial charge is 0.467 e. The van der Waals surface area contributed by atoms with Gasteiger partial charge in [-0.3, -0.25) is 9.69 Å². The van der Waals surface area contributed by atoms with E-state index in [1.165, 1.54) is 12.0 Å².